The second-order valence-electron chi connectivity index (χ2n) is 4.94. The molecular formula is C13H15BrFN3O3. The summed E-state index contributed by atoms with van der Waals surface area (Å²) in [6.07, 6.45) is 1.95. The van der Waals surface area contributed by atoms with E-state index >= 15 is 0 Å². The van der Waals surface area contributed by atoms with Crippen LogP contribution < -0.4 is 5.32 Å². The Kier molecular flexibility index (Phi) is 4.76. The lowest BCUT2D eigenvalue weighted by Gasteiger charge is -2.21. The van der Waals surface area contributed by atoms with E-state index in [4.69, 9.17) is 0 Å². The van der Waals surface area contributed by atoms with Crippen molar-refractivity contribution in [3.63, 3.8) is 0 Å². The molecule has 1 aromatic rings. The average molecular weight is 360 g/mol. The number of likely N-dealkylation sites (tertiary alicyclic amines) is 1. The first-order valence-corrected chi connectivity index (χ1v) is 7.38. The highest BCUT2D eigenvalue weighted by Crippen LogP contribution is 2.31. The highest BCUT2D eigenvalue weighted by Gasteiger charge is 2.26. The number of nitrogens with one attached hydrogen (secondary N) is 1. The third-order valence-corrected chi connectivity index (χ3v) is 4.00. The summed E-state index contributed by atoms with van der Waals surface area (Å²) in [5, 5.41) is 13.8. The lowest BCUT2D eigenvalue weighted by molar-refractivity contribution is -0.384. The van der Waals surface area contributed by atoms with Gasteiger partial charge in [-0.2, -0.15) is 0 Å². The summed E-state index contributed by atoms with van der Waals surface area (Å²) in [7, 11) is 0. The van der Waals surface area contributed by atoms with Crippen molar-refractivity contribution in [2.75, 3.05) is 18.4 Å². The Labute approximate surface area is 129 Å². The van der Waals surface area contributed by atoms with Crippen LogP contribution in [-0.2, 0) is 4.79 Å². The van der Waals surface area contributed by atoms with Crippen LogP contribution in [0, 0.1) is 15.9 Å². The van der Waals surface area contributed by atoms with E-state index in [1.165, 1.54) is 6.07 Å². The quantitative estimate of drug-likeness (QED) is 0.662. The van der Waals surface area contributed by atoms with E-state index in [0.29, 0.717) is 13.1 Å². The van der Waals surface area contributed by atoms with Gasteiger partial charge in [0.1, 0.15) is 17.5 Å². The highest BCUT2D eigenvalue weighted by atomic mass is 79.9. The predicted octanol–water partition coefficient (Wildman–Crippen LogP) is 2.92. The molecule has 1 N–H and O–H groups in total. The molecule has 1 aromatic carbocycles. The summed E-state index contributed by atoms with van der Waals surface area (Å²) >= 11 is 2.99. The fraction of sp³-hybridized carbons (Fsp3) is 0.462. The van der Waals surface area contributed by atoms with Crippen molar-refractivity contribution in [2.45, 2.75) is 25.8 Å². The van der Waals surface area contributed by atoms with Gasteiger partial charge in [-0.3, -0.25) is 14.9 Å². The Balaban J connectivity index is 2.19. The van der Waals surface area contributed by atoms with Crippen LogP contribution in [-0.4, -0.2) is 34.9 Å². The van der Waals surface area contributed by atoms with Gasteiger partial charge < -0.3 is 10.2 Å². The molecule has 1 aliphatic heterocycles. The van der Waals surface area contributed by atoms with Crippen molar-refractivity contribution in [1.29, 1.82) is 0 Å². The Morgan fingerprint density at radius 3 is 2.67 bits per heavy atom. The molecule has 114 valence electrons. The number of nitro benzene ring substituents is 1. The number of carbonyl (C=O) groups excluding carboxylic acids is 1. The summed E-state index contributed by atoms with van der Waals surface area (Å²) in [4.78, 5) is 24.2. The van der Waals surface area contributed by atoms with Gasteiger partial charge in [0.2, 0.25) is 5.91 Å². The zero-order valence-electron chi connectivity index (χ0n) is 11.4. The average Bonchev–Trinajstić information content (AvgIpc) is 2.95. The topological polar surface area (TPSA) is 75.5 Å². The minimum absolute atomic E-state index is 0.108. The number of nitro groups is 1. The van der Waals surface area contributed by atoms with Crippen molar-refractivity contribution < 1.29 is 14.1 Å². The Hall–Kier alpha value is -1.70. The van der Waals surface area contributed by atoms with Crippen molar-refractivity contribution in [3.05, 3.63) is 32.5 Å². The molecule has 2 rings (SSSR count). The van der Waals surface area contributed by atoms with Gasteiger partial charge in [0.05, 0.1) is 15.5 Å². The summed E-state index contributed by atoms with van der Waals surface area (Å²) < 4.78 is 13.5. The highest BCUT2D eigenvalue weighted by molar-refractivity contribution is 9.10. The van der Waals surface area contributed by atoms with E-state index in [0.717, 1.165) is 18.9 Å². The van der Waals surface area contributed by atoms with E-state index in [-0.39, 0.29) is 16.1 Å². The maximum absolute atomic E-state index is 13.4. The SMILES string of the molecule is CC(Nc1cc(Br)c(F)cc1[N+](=O)[O-])C(=O)N1CCCC1. The van der Waals surface area contributed by atoms with Gasteiger partial charge in [-0.1, -0.05) is 0 Å². The fourth-order valence-corrected chi connectivity index (χ4v) is 2.65. The largest absolute Gasteiger partial charge is 0.368 e. The van der Waals surface area contributed by atoms with Crippen LogP contribution in [0.3, 0.4) is 0 Å². The molecule has 0 aliphatic carbocycles. The molecule has 8 heteroatoms. The van der Waals surface area contributed by atoms with Crippen molar-refractivity contribution in [3.8, 4) is 0 Å². The first-order chi connectivity index (χ1) is 9.90. The zero-order valence-corrected chi connectivity index (χ0v) is 13.0. The number of halogens is 2. The van der Waals surface area contributed by atoms with Gasteiger partial charge in [0, 0.05) is 13.1 Å². The molecule has 21 heavy (non-hydrogen) atoms. The normalized spacial score (nSPS) is 15.9. The number of nitrogens with zero attached hydrogens (tertiary/aromatic N) is 2. The van der Waals surface area contributed by atoms with E-state index in [9.17, 15) is 19.3 Å². The van der Waals surface area contributed by atoms with Crippen LogP contribution in [0.5, 0.6) is 0 Å². The summed E-state index contributed by atoms with van der Waals surface area (Å²) in [6, 6.07) is 1.50. The lowest BCUT2D eigenvalue weighted by atomic mass is 10.2. The summed E-state index contributed by atoms with van der Waals surface area (Å²) in [6.45, 7) is 3.06. The van der Waals surface area contributed by atoms with Gasteiger partial charge in [-0.15, -0.1) is 0 Å². The third kappa shape index (κ3) is 3.49. The molecule has 0 bridgehead atoms. The molecule has 0 spiro atoms. The summed E-state index contributed by atoms with van der Waals surface area (Å²) in [5.74, 6) is -0.826. The predicted molar refractivity (Wildman–Crippen MR) is 79.7 cm³/mol. The Bertz CT molecular complexity index is 576. The zero-order chi connectivity index (χ0) is 15.6. The molecule has 0 saturated carbocycles. The molecule has 1 saturated heterocycles. The molecule has 1 atom stereocenters. The number of amides is 1. The lowest BCUT2D eigenvalue weighted by Crippen LogP contribution is -2.39. The van der Waals surface area contributed by atoms with E-state index in [1.54, 1.807) is 11.8 Å². The number of hydrogen-bond donors (Lipinski definition) is 1. The van der Waals surface area contributed by atoms with Crippen LogP contribution in [0.1, 0.15) is 19.8 Å². The molecular weight excluding hydrogens is 345 g/mol. The van der Waals surface area contributed by atoms with Gasteiger partial charge in [0.15, 0.2) is 0 Å². The molecule has 1 heterocycles. The van der Waals surface area contributed by atoms with Crippen LogP contribution in [0.2, 0.25) is 0 Å². The van der Waals surface area contributed by atoms with Gasteiger partial charge >= 0.3 is 0 Å². The van der Waals surface area contributed by atoms with Crippen molar-refractivity contribution >= 4 is 33.2 Å². The summed E-state index contributed by atoms with van der Waals surface area (Å²) in [5.41, 5.74) is -0.273. The number of hydrogen-bond acceptors (Lipinski definition) is 4. The van der Waals surface area contributed by atoms with E-state index in [2.05, 4.69) is 21.2 Å². The smallest absolute Gasteiger partial charge is 0.295 e. The Morgan fingerprint density at radius 2 is 2.10 bits per heavy atom. The molecule has 0 aromatic heterocycles. The van der Waals surface area contributed by atoms with Gasteiger partial charge in [-0.05, 0) is 41.8 Å². The number of carbonyl (C=O) groups is 1. The molecule has 1 fully saturated rings. The van der Waals surface area contributed by atoms with Crippen molar-refractivity contribution in [1.82, 2.24) is 4.90 Å². The number of rotatable bonds is 4. The first kappa shape index (κ1) is 15.7. The van der Waals surface area contributed by atoms with Crippen LogP contribution in [0.25, 0.3) is 0 Å². The molecule has 1 unspecified atom stereocenters. The van der Waals surface area contributed by atoms with Crippen LogP contribution >= 0.6 is 15.9 Å². The standard InChI is InChI=1S/C13H15BrFN3O3/c1-8(13(19)17-4-2-3-5-17)16-11-6-9(14)10(15)7-12(11)18(20)21/h6-8,16H,2-5H2,1H3. The maximum Gasteiger partial charge on any atom is 0.295 e. The van der Waals surface area contributed by atoms with Gasteiger partial charge in [-0.25, -0.2) is 4.39 Å². The molecule has 6 nitrogen and oxygen atoms in total. The molecule has 1 amide bonds. The van der Waals surface area contributed by atoms with Crippen molar-refractivity contribution in [2.24, 2.45) is 0 Å². The maximum atomic E-state index is 13.4. The minimum atomic E-state index is -0.717. The van der Waals surface area contributed by atoms with Crippen LogP contribution in [0.4, 0.5) is 15.8 Å². The number of benzene rings is 1. The number of anilines is 1. The molecule has 0 radical (unpaired) electrons. The Morgan fingerprint density at radius 1 is 1.48 bits per heavy atom. The second-order valence-corrected chi connectivity index (χ2v) is 5.79. The fourth-order valence-electron chi connectivity index (χ4n) is 2.31. The third-order valence-electron chi connectivity index (χ3n) is 3.40. The van der Waals surface area contributed by atoms with Gasteiger partial charge in [0.25, 0.3) is 5.69 Å². The second kappa shape index (κ2) is 6.38. The monoisotopic (exact) mass is 359 g/mol. The van der Waals surface area contributed by atoms with E-state index < -0.39 is 22.5 Å². The van der Waals surface area contributed by atoms with E-state index in [1.807, 2.05) is 0 Å². The van der Waals surface area contributed by atoms with Crippen LogP contribution in [0.15, 0.2) is 16.6 Å². The minimum Gasteiger partial charge on any atom is -0.368 e. The molecule has 1 aliphatic rings. The first-order valence-electron chi connectivity index (χ1n) is 6.59.